The molecule has 0 aliphatic carbocycles. The van der Waals surface area contributed by atoms with E-state index in [1.807, 2.05) is 0 Å². The first-order valence-electron chi connectivity index (χ1n) is 5.71. The number of piperidine rings is 1. The molecule has 3 heterocycles. The zero-order valence-electron chi connectivity index (χ0n) is 8.91. The summed E-state index contributed by atoms with van der Waals surface area (Å²) in [7, 11) is 0. The van der Waals surface area contributed by atoms with Gasteiger partial charge in [-0.15, -0.1) is 0 Å². The van der Waals surface area contributed by atoms with E-state index >= 15 is 0 Å². The van der Waals surface area contributed by atoms with Crippen molar-refractivity contribution >= 4 is 11.9 Å². The van der Waals surface area contributed by atoms with Crippen molar-refractivity contribution in [2.24, 2.45) is 5.92 Å². The number of epoxide rings is 1. The number of rotatable bonds is 2. The van der Waals surface area contributed by atoms with Crippen LogP contribution in [0.1, 0.15) is 19.3 Å². The second-order valence-electron chi connectivity index (χ2n) is 4.67. The second kappa shape index (κ2) is 3.43. The van der Waals surface area contributed by atoms with Crippen molar-refractivity contribution in [2.75, 3.05) is 13.2 Å². The van der Waals surface area contributed by atoms with E-state index in [9.17, 15) is 9.59 Å². The highest BCUT2D eigenvalue weighted by Crippen LogP contribution is 2.34. The van der Waals surface area contributed by atoms with Gasteiger partial charge in [-0.05, 0) is 25.8 Å². The quantitative estimate of drug-likeness (QED) is 0.429. The molecule has 3 aliphatic rings. The molecule has 3 rings (SSSR count). The molecular formula is C10H15N3O3. The molecule has 88 valence electrons. The highest BCUT2D eigenvalue weighted by Gasteiger charge is 2.53. The van der Waals surface area contributed by atoms with Crippen molar-refractivity contribution < 1.29 is 14.3 Å². The lowest BCUT2D eigenvalue weighted by molar-refractivity contribution is -0.128. The summed E-state index contributed by atoms with van der Waals surface area (Å²) in [6, 6.07) is -0.402. The Morgan fingerprint density at radius 1 is 1.44 bits per heavy atom. The standard InChI is InChI=1S/C10H15N3O3/c14-8-10(13-9(15)12-8)6(2-1-3-11-10)4-7-5-16-7/h6-7,11H,1-5H2,(H2,12,13,14,15). The Labute approximate surface area is 93.1 Å². The van der Waals surface area contributed by atoms with Crippen LogP contribution in [0.4, 0.5) is 4.79 Å². The Morgan fingerprint density at radius 2 is 2.25 bits per heavy atom. The molecule has 3 aliphatic heterocycles. The molecule has 0 aromatic rings. The molecule has 6 heteroatoms. The topological polar surface area (TPSA) is 82.8 Å². The molecule has 3 fully saturated rings. The van der Waals surface area contributed by atoms with Gasteiger partial charge in [0.15, 0.2) is 5.66 Å². The molecule has 3 atom stereocenters. The normalized spacial score (nSPS) is 42.0. The molecule has 3 amide bonds. The van der Waals surface area contributed by atoms with Gasteiger partial charge in [-0.3, -0.25) is 15.4 Å². The number of ether oxygens (including phenoxy) is 1. The monoisotopic (exact) mass is 225 g/mol. The van der Waals surface area contributed by atoms with Crippen molar-refractivity contribution in [3.8, 4) is 0 Å². The van der Waals surface area contributed by atoms with Crippen molar-refractivity contribution in [3.63, 3.8) is 0 Å². The van der Waals surface area contributed by atoms with Crippen molar-refractivity contribution in [2.45, 2.75) is 31.0 Å². The van der Waals surface area contributed by atoms with Gasteiger partial charge in [-0.2, -0.15) is 0 Å². The van der Waals surface area contributed by atoms with E-state index in [1.54, 1.807) is 0 Å². The highest BCUT2D eigenvalue weighted by molar-refractivity contribution is 6.07. The molecule has 0 aromatic heterocycles. The summed E-state index contributed by atoms with van der Waals surface area (Å²) in [6.45, 7) is 1.54. The van der Waals surface area contributed by atoms with Crippen LogP contribution in [0.25, 0.3) is 0 Å². The fraction of sp³-hybridized carbons (Fsp3) is 0.800. The van der Waals surface area contributed by atoms with Gasteiger partial charge >= 0.3 is 6.03 Å². The fourth-order valence-corrected chi connectivity index (χ4v) is 2.69. The largest absolute Gasteiger partial charge is 0.373 e. The SMILES string of the molecule is O=C1NC(=O)C2(NCCCC2CC2CO2)N1. The van der Waals surface area contributed by atoms with Crippen LogP contribution in [0.3, 0.4) is 0 Å². The average molecular weight is 225 g/mol. The number of hydrogen-bond donors (Lipinski definition) is 3. The third kappa shape index (κ3) is 1.49. The van der Waals surface area contributed by atoms with Crippen LogP contribution in [0.2, 0.25) is 0 Å². The Hall–Kier alpha value is -1.14. The summed E-state index contributed by atoms with van der Waals surface area (Å²) in [5.41, 5.74) is -0.888. The summed E-state index contributed by atoms with van der Waals surface area (Å²) < 4.78 is 5.20. The maximum atomic E-state index is 11.9. The van der Waals surface area contributed by atoms with E-state index < -0.39 is 11.7 Å². The minimum atomic E-state index is -0.888. The molecule has 3 unspecified atom stereocenters. The van der Waals surface area contributed by atoms with E-state index in [0.717, 1.165) is 32.4 Å². The van der Waals surface area contributed by atoms with Gasteiger partial charge in [0.1, 0.15) is 0 Å². The van der Waals surface area contributed by atoms with E-state index in [-0.39, 0.29) is 17.9 Å². The lowest BCUT2D eigenvalue weighted by Crippen LogP contribution is -2.66. The highest BCUT2D eigenvalue weighted by atomic mass is 16.6. The van der Waals surface area contributed by atoms with E-state index in [1.165, 1.54) is 0 Å². The molecule has 0 radical (unpaired) electrons. The Kier molecular flexibility index (Phi) is 2.15. The van der Waals surface area contributed by atoms with E-state index in [4.69, 9.17) is 4.74 Å². The van der Waals surface area contributed by atoms with Crippen LogP contribution in [-0.2, 0) is 9.53 Å². The average Bonchev–Trinajstić information content (AvgIpc) is 3.00. The Bertz CT molecular complexity index is 342. The molecule has 0 aromatic carbocycles. The van der Waals surface area contributed by atoms with Crippen LogP contribution in [0, 0.1) is 5.92 Å². The predicted molar refractivity (Wildman–Crippen MR) is 54.5 cm³/mol. The number of imide groups is 1. The van der Waals surface area contributed by atoms with Crippen LogP contribution in [0.5, 0.6) is 0 Å². The smallest absolute Gasteiger partial charge is 0.323 e. The number of carbonyl (C=O) groups is 2. The Balaban J connectivity index is 1.82. The van der Waals surface area contributed by atoms with Gasteiger partial charge in [0.2, 0.25) is 0 Å². The number of nitrogens with one attached hydrogen (secondary N) is 3. The minimum Gasteiger partial charge on any atom is -0.373 e. The van der Waals surface area contributed by atoms with Crippen LogP contribution >= 0.6 is 0 Å². The van der Waals surface area contributed by atoms with Gasteiger partial charge in [-0.1, -0.05) is 0 Å². The van der Waals surface area contributed by atoms with Gasteiger partial charge in [0, 0.05) is 5.92 Å². The molecule has 1 spiro atoms. The Morgan fingerprint density at radius 3 is 2.88 bits per heavy atom. The van der Waals surface area contributed by atoms with Crippen molar-refractivity contribution in [1.29, 1.82) is 0 Å². The zero-order chi connectivity index (χ0) is 11.2. The number of hydrogen-bond acceptors (Lipinski definition) is 4. The zero-order valence-corrected chi connectivity index (χ0v) is 8.91. The van der Waals surface area contributed by atoms with E-state index in [0.29, 0.717) is 0 Å². The number of amides is 3. The summed E-state index contributed by atoms with van der Waals surface area (Å²) in [5, 5.41) is 8.20. The summed E-state index contributed by atoms with van der Waals surface area (Å²) in [6.07, 6.45) is 3.08. The molecule has 3 saturated heterocycles. The van der Waals surface area contributed by atoms with E-state index in [2.05, 4.69) is 16.0 Å². The van der Waals surface area contributed by atoms with Gasteiger partial charge in [-0.25, -0.2) is 4.79 Å². The first-order valence-corrected chi connectivity index (χ1v) is 5.71. The first kappa shape index (κ1) is 10.0. The van der Waals surface area contributed by atoms with Crippen LogP contribution < -0.4 is 16.0 Å². The van der Waals surface area contributed by atoms with Crippen molar-refractivity contribution in [3.05, 3.63) is 0 Å². The first-order chi connectivity index (χ1) is 7.71. The van der Waals surface area contributed by atoms with Crippen LogP contribution in [-0.4, -0.2) is 36.9 Å². The molecule has 3 N–H and O–H groups in total. The van der Waals surface area contributed by atoms with Crippen LogP contribution in [0.15, 0.2) is 0 Å². The van der Waals surface area contributed by atoms with Gasteiger partial charge in [0.25, 0.3) is 5.91 Å². The van der Waals surface area contributed by atoms with Crippen molar-refractivity contribution in [1.82, 2.24) is 16.0 Å². The second-order valence-corrected chi connectivity index (χ2v) is 4.67. The third-order valence-corrected chi connectivity index (χ3v) is 3.59. The molecule has 16 heavy (non-hydrogen) atoms. The summed E-state index contributed by atoms with van der Waals surface area (Å²) in [5.74, 6) is -0.122. The van der Waals surface area contributed by atoms with Gasteiger partial charge in [0.05, 0.1) is 12.7 Å². The maximum absolute atomic E-state index is 11.9. The molecular weight excluding hydrogens is 210 g/mol. The van der Waals surface area contributed by atoms with Gasteiger partial charge < -0.3 is 10.1 Å². The third-order valence-electron chi connectivity index (χ3n) is 3.59. The fourth-order valence-electron chi connectivity index (χ4n) is 2.69. The molecule has 0 saturated carbocycles. The molecule has 0 bridgehead atoms. The summed E-state index contributed by atoms with van der Waals surface area (Å²) in [4.78, 5) is 23.1. The lowest BCUT2D eigenvalue weighted by atomic mass is 9.81. The maximum Gasteiger partial charge on any atom is 0.323 e. The molecule has 6 nitrogen and oxygen atoms in total. The summed E-state index contributed by atoms with van der Waals surface area (Å²) >= 11 is 0. The lowest BCUT2D eigenvalue weighted by Gasteiger charge is -2.39. The minimum absolute atomic E-state index is 0.125. The predicted octanol–water partition coefficient (Wildman–Crippen LogP) is -0.689. The number of carbonyl (C=O) groups excluding carboxylic acids is 2. The number of urea groups is 1.